The molecular formula is C12H19NO2Si. The fraction of sp³-hybridized carbons (Fsp3) is 0.667. The van der Waals surface area contributed by atoms with Crippen molar-refractivity contribution in [3.8, 4) is 0 Å². The first kappa shape index (κ1) is 11.6. The van der Waals surface area contributed by atoms with Crippen molar-refractivity contribution in [1.29, 1.82) is 0 Å². The molecule has 4 heteroatoms. The third kappa shape index (κ3) is 1.98. The maximum absolute atomic E-state index is 12.1. The van der Waals surface area contributed by atoms with Gasteiger partial charge in [-0.05, 0) is 12.8 Å². The fourth-order valence-corrected chi connectivity index (χ4v) is 3.76. The van der Waals surface area contributed by atoms with Gasteiger partial charge >= 0.3 is 0 Å². The molecule has 2 atom stereocenters. The van der Waals surface area contributed by atoms with Gasteiger partial charge in [-0.1, -0.05) is 31.8 Å². The molecule has 88 valence electrons. The van der Waals surface area contributed by atoms with Crippen molar-refractivity contribution >= 4 is 19.9 Å². The van der Waals surface area contributed by atoms with E-state index in [2.05, 4.69) is 19.6 Å². The predicted octanol–water partition coefficient (Wildman–Crippen LogP) is 1.81. The van der Waals surface area contributed by atoms with Crippen LogP contribution in [0.4, 0.5) is 0 Å². The zero-order valence-corrected chi connectivity index (χ0v) is 11.2. The second-order valence-corrected chi connectivity index (χ2v) is 11.4. The first-order valence-corrected chi connectivity index (χ1v) is 9.61. The minimum atomic E-state index is -1.41. The highest BCUT2D eigenvalue weighted by atomic mass is 28.3. The first-order valence-electron chi connectivity index (χ1n) is 5.90. The van der Waals surface area contributed by atoms with Crippen molar-refractivity contribution in [1.82, 2.24) is 4.90 Å². The quantitative estimate of drug-likeness (QED) is 0.417. The highest BCUT2D eigenvalue weighted by Crippen LogP contribution is 2.35. The second-order valence-electron chi connectivity index (χ2n) is 5.98. The molecule has 0 aromatic heterocycles. The molecule has 2 amide bonds. The van der Waals surface area contributed by atoms with Crippen LogP contribution < -0.4 is 0 Å². The Morgan fingerprint density at radius 1 is 1.12 bits per heavy atom. The number of hydrogen-bond donors (Lipinski definition) is 0. The summed E-state index contributed by atoms with van der Waals surface area (Å²) in [5, 5.41) is 0. The van der Waals surface area contributed by atoms with Crippen LogP contribution in [-0.2, 0) is 9.59 Å². The van der Waals surface area contributed by atoms with Crippen LogP contribution in [0.15, 0.2) is 12.2 Å². The highest BCUT2D eigenvalue weighted by molar-refractivity contribution is 6.76. The molecule has 2 rings (SSSR count). The lowest BCUT2D eigenvalue weighted by Crippen LogP contribution is -2.43. The van der Waals surface area contributed by atoms with E-state index in [0.29, 0.717) is 6.17 Å². The minimum Gasteiger partial charge on any atom is -0.285 e. The Hall–Kier alpha value is -0.903. The maximum Gasteiger partial charge on any atom is 0.233 e. The molecule has 0 aromatic rings. The highest BCUT2D eigenvalue weighted by Gasteiger charge is 2.47. The SMILES string of the molecule is C[Si](C)(C)CN1C(=O)[C@@H]2CC=CC[C@H]2C1=O. The molecule has 1 fully saturated rings. The summed E-state index contributed by atoms with van der Waals surface area (Å²) in [7, 11) is -1.41. The molecule has 0 unspecified atom stereocenters. The van der Waals surface area contributed by atoms with Gasteiger partial charge in [0, 0.05) is 6.17 Å². The topological polar surface area (TPSA) is 37.4 Å². The zero-order valence-electron chi connectivity index (χ0n) is 10.2. The Balaban J connectivity index is 2.18. The van der Waals surface area contributed by atoms with Crippen LogP contribution in [-0.4, -0.2) is 31.0 Å². The van der Waals surface area contributed by atoms with Crippen LogP contribution in [0, 0.1) is 11.8 Å². The lowest BCUT2D eigenvalue weighted by atomic mass is 9.85. The van der Waals surface area contributed by atoms with Crippen LogP contribution in [0.1, 0.15) is 12.8 Å². The number of nitrogens with zero attached hydrogens (tertiary/aromatic N) is 1. The molecule has 0 N–H and O–H groups in total. The standard InChI is InChI=1S/C12H19NO2Si/c1-16(2,3)8-13-11(14)9-6-4-5-7-10(9)12(13)15/h4-5,9-10H,6-8H2,1-3H3/t9-,10-/m1/s1. The van der Waals surface area contributed by atoms with Gasteiger partial charge in [-0.2, -0.15) is 0 Å². The predicted molar refractivity (Wildman–Crippen MR) is 65.4 cm³/mol. The average molecular weight is 237 g/mol. The van der Waals surface area contributed by atoms with Gasteiger partial charge in [0.2, 0.25) is 11.8 Å². The van der Waals surface area contributed by atoms with Crippen molar-refractivity contribution in [3.05, 3.63) is 12.2 Å². The van der Waals surface area contributed by atoms with E-state index in [1.165, 1.54) is 4.90 Å². The Kier molecular flexibility index (Phi) is 2.78. The number of likely N-dealkylation sites (tertiary alicyclic amines) is 1. The number of allylic oxidation sites excluding steroid dienone is 2. The number of hydrogen-bond acceptors (Lipinski definition) is 2. The molecule has 0 bridgehead atoms. The lowest BCUT2D eigenvalue weighted by molar-refractivity contribution is -0.138. The molecule has 0 aromatic carbocycles. The summed E-state index contributed by atoms with van der Waals surface area (Å²) in [5.41, 5.74) is 0. The zero-order chi connectivity index (χ0) is 11.9. The molecule has 1 heterocycles. The molecule has 0 saturated carbocycles. The van der Waals surface area contributed by atoms with Crippen molar-refractivity contribution in [2.24, 2.45) is 11.8 Å². The summed E-state index contributed by atoms with van der Waals surface area (Å²) in [4.78, 5) is 25.8. The fourth-order valence-electron chi connectivity index (χ4n) is 2.50. The smallest absolute Gasteiger partial charge is 0.233 e. The summed E-state index contributed by atoms with van der Waals surface area (Å²) in [6.45, 7) is 6.56. The summed E-state index contributed by atoms with van der Waals surface area (Å²) >= 11 is 0. The first-order chi connectivity index (χ1) is 7.40. The molecule has 0 spiro atoms. The Morgan fingerprint density at radius 3 is 1.94 bits per heavy atom. The van der Waals surface area contributed by atoms with E-state index >= 15 is 0 Å². The van der Waals surface area contributed by atoms with Gasteiger partial charge in [-0.15, -0.1) is 0 Å². The largest absolute Gasteiger partial charge is 0.285 e. The number of imide groups is 1. The average Bonchev–Trinajstić information content (AvgIpc) is 2.43. The van der Waals surface area contributed by atoms with Crippen LogP contribution >= 0.6 is 0 Å². The van der Waals surface area contributed by atoms with Gasteiger partial charge in [0.1, 0.15) is 0 Å². The molecule has 1 aliphatic heterocycles. The van der Waals surface area contributed by atoms with Crippen molar-refractivity contribution < 1.29 is 9.59 Å². The van der Waals surface area contributed by atoms with Crippen LogP contribution in [0.3, 0.4) is 0 Å². The van der Waals surface area contributed by atoms with Crippen molar-refractivity contribution in [2.45, 2.75) is 32.5 Å². The van der Waals surface area contributed by atoms with E-state index in [-0.39, 0.29) is 23.7 Å². The Morgan fingerprint density at radius 2 is 1.56 bits per heavy atom. The summed E-state index contributed by atoms with van der Waals surface area (Å²) in [6.07, 6.45) is 6.24. The molecule has 3 nitrogen and oxygen atoms in total. The number of carbonyl (C=O) groups is 2. The van der Waals surface area contributed by atoms with Crippen molar-refractivity contribution in [3.63, 3.8) is 0 Å². The minimum absolute atomic E-state index is 0.0613. The normalized spacial score (nSPS) is 29.8. The summed E-state index contributed by atoms with van der Waals surface area (Å²) < 4.78 is 0. The number of carbonyl (C=O) groups excluding carboxylic acids is 2. The van der Waals surface area contributed by atoms with E-state index in [1.807, 2.05) is 12.2 Å². The molecule has 1 saturated heterocycles. The molecule has 1 aliphatic carbocycles. The third-order valence-corrected chi connectivity index (χ3v) is 4.50. The Labute approximate surface area is 97.5 Å². The molecular weight excluding hydrogens is 218 g/mol. The Bertz CT molecular complexity index is 331. The van der Waals surface area contributed by atoms with Gasteiger partial charge in [-0.3, -0.25) is 14.5 Å². The number of rotatable bonds is 2. The maximum atomic E-state index is 12.1. The van der Waals surface area contributed by atoms with Gasteiger partial charge < -0.3 is 0 Å². The third-order valence-electron chi connectivity index (χ3n) is 3.23. The van der Waals surface area contributed by atoms with Crippen LogP contribution in [0.2, 0.25) is 19.6 Å². The molecule has 16 heavy (non-hydrogen) atoms. The molecule has 2 aliphatic rings. The van der Waals surface area contributed by atoms with E-state index < -0.39 is 8.07 Å². The van der Waals surface area contributed by atoms with Crippen LogP contribution in [0.25, 0.3) is 0 Å². The monoisotopic (exact) mass is 237 g/mol. The number of amides is 2. The second kappa shape index (κ2) is 3.84. The summed E-state index contributed by atoms with van der Waals surface area (Å²) in [5.74, 6) is 0.0197. The van der Waals surface area contributed by atoms with Crippen LogP contribution in [0.5, 0.6) is 0 Å². The summed E-state index contributed by atoms with van der Waals surface area (Å²) in [6, 6.07) is 0. The van der Waals surface area contributed by atoms with Gasteiger partial charge in [0.05, 0.1) is 19.9 Å². The number of fused-ring (bicyclic) bond motifs is 1. The van der Waals surface area contributed by atoms with Gasteiger partial charge in [0.15, 0.2) is 0 Å². The van der Waals surface area contributed by atoms with E-state index in [1.54, 1.807) is 0 Å². The van der Waals surface area contributed by atoms with Crippen molar-refractivity contribution in [2.75, 3.05) is 6.17 Å². The molecule has 0 radical (unpaired) electrons. The van der Waals surface area contributed by atoms with E-state index in [9.17, 15) is 9.59 Å². The lowest BCUT2D eigenvalue weighted by Gasteiger charge is -2.23. The van der Waals surface area contributed by atoms with E-state index in [4.69, 9.17) is 0 Å². The van der Waals surface area contributed by atoms with E-state index in [0.717, 1.165) is 12.8 Å². The van der Waals surface area contributed by atoms with Gasteiger partial charge in [0.25, 0.3) is 0 Å². The van der Waals surface area contributed by atoms with Gasteiger partial charge in [-0.25, -0.2) is 0 Å².